The first-order chi connectivity index (χ1) is 7.71. The van der Waals surface area contributed by atoms with Gasteiger partial charge in [0, 0.05) is 25.2 Å². The minimum absolute atomic E-state index is 0.215. The summed E-state index contributed by atoms with van der Waals surface area (Å²) in [6, 6.07) is 0.767. The predicted octanol–water partition coefficient (Wildman–Crippen LogP) is 0.456. The number of aliphatic hydroxyl groups excluding tert-OH is 1. The van der Waals surface area contributed by atoms with Crippen LogP contribution in [0.5, 0.6) is 0 Å². The zero-order chi connectivity index (χ0) is 12.0. The highest BCUT2D eigenvalue weighted by atomic mass is 16.5. The Hall–Kier alpha value is -0.160. The SMILES string of the molecule is CCC1COC(C)CN1CCC(CO)NC. The van der Waals surface area contributed by atoms with E-state index in [2.05, 4.69) is 24.1 Å². The molecule has 1 rings (SSSR count). The van der Waals surface area contributed by atoms with Crippen molar-refractivity contribution in [3.63, 3.8) is 0 Å². The smallest absolute Gasteiger partial charge is 0.0674 e. The van der Waals surface area contributed by atoms with Crippen LogP contribution in [-0.4, -0.2) is 61.5 Å². The molecule has 96 valence electrons. The van der Waals surface area contributed by atoms with Crippen LogP contribution >= 0.6 is 0 Å². The number of morpholine rings is 1. The number of likely N-dealkylation sites (N-methyl/N-ethyl adjacent to an activating group) is 1. The average Bonchev–Trinajstić information content (AvgIpc) is 2.30. The molecule has 3 unspecified atom stereocenters. The normalized spacial score (nSPS) is 29.2. The van der Waals surface area contributed by atoms with Crippen LogP contribution in [-0.2, 0) is 4.74 Å². The summed E-state index contributed by atoms with van der Waals surface area (Å²) in [7, 11) is 1.90. The van der Waals surface area contributed by atoms with Gasteiger partial charge in [-0.2, -0.15) is 0 Å². The van der Waals surface area contributed by atoms with Crippen LogP contribution in [0.1, 0.15) is 26.7 Å². The second kappa shape index (κ2) is 7.22. The minimum Gasteiger partial charge on any atom is -0.395 e. The third-order valence-corrected chi connectivity index (χ3v) is 3.45. The van der Waals surface area contributed by atoms with E-state index >= 15 is 0 Å². The van der Waals surface area contributed by atoms with Crippen molar-refractivity contribution in [2.45, 2.75) is 44.9 Å². The van der Waals surface area contributed by atoms with Crippen LogP contribution in [0.3, 0.4) is 0 Å². The molecule has 1 saturated heterocycles. The molecule has 1 aliphatic rings. The molecule has 16 heavy (non-hydrogen) atoms. The number of nitrogens with zero attached hydrogens (tertiary/aromatic N) is 1. The molecule has 0 spiro atoms. The van der Waals surface area contributed by atoms with Crippen molar-refractivity contribution in [3.05, 3.63) is 0 Å². The molecule has 0 aromatic heterocycles. The lowest BCUT2D eigenvalue weighted by Crippen LogP contribution is -2.49. The fourth-order valence-electron chi connectivity index (χ4n) is 2.21. The average molecular weight is 230 g/mol. The zero-order valence-corrected chi connectivity index (χ0v) is 10.8. The van der Waals surface area contributed by atoms with Gasteiger partial charge in [-0.15, -0.1) is 0 Å². The summed E-state index contributed by atoms with van der Waals surface area (Å²) in [4.78, 5) is 2.49. The van der Waals surface area contributed by atoms with Crippen LogP contribution in [0.2, 0.25) is 0 Å². The summed E-state index contributed by atoms with van der Waals surface area (Å²) >= 11 is 0. The maximum atomic E-state index is 9.12. The van der Waals surface area contributed by atoms with E-state index in [0.29, 0.717) is 12.1 Å². The molecular formula is C12H26N2O2. The van der Waals surface area contributed by atoms with Crippen molar-refractivity contribution in [2.24, 2.45) is 0 Å². The van der Waals surface area contributed by atoms with Gasteiger partial charge in [0.2, 0.25) is 0 Å². The van der Waals surface area contributed by atoms with Gasteiger partial charge < -0.3 is 15.2 Å². The number of aliphatic hydroxyl groups is 1. The summed E-state index contributed by atoms with van der Waals surface area (Å²) in [5.41, 5.74) is 0. The van der Waals surface area contributed by atoms with Crippen molar-refractivity contribution < 1.29 is 9.84 Å². The van der Waals surface area contributed by atoms with Crippen LogP contribution < -0.4 is 5.32 Å². The Balaban J connectivity index is 2.36. The Morgan fingerprint density at radius 3 is 2.88 bits per heavy atom. The molecule has 4 heteroatoms. The molecule has 0 aromatic rings. The van der Waals surface area contributed by atoms with Crippen molar-refractivity contribution in [1.82, 2.24) is 10.2 Å². The first-order valence-electron chi connectivity index (χ1n) is 6.35. The molecule has 0 aromatic carbocycles. The predicted molar refractivity (Wildman–Crippen MR) is 65.6 cm³/mol. The molecule has 3 atom stereocenters. The summed E-state index contributed by atoms with van der Waals surface area (Å²) in [6.45, 7) is 7.45. The molecule has 1 heterocycles. The van der Waals surface area contributed by atoms with Gasteiger partial charge in [-0.05, 0) is 26.8 Å². The lowest BCUT2D eigenvalue weighted by molar-refractivity contribution is -0.0569. The Kier molecular flexibility index (Phi) is 6.28. The van der Waals surface area contributed by atoms with Crippen molar-refractivity contribution >= 4 is 0 Å². The van der Waals surface area contributed by atoms with E-state index in [9.17, 15) is 0 Å². The highest BCUT2D eigenvalue weighted by molar-refractivity contribution is 4.79. The molecular weight excluding hydrogens is 204 g/mol. The second-order valence-corrected chi connectivity index (χ2v) is 4.66. The molecule has 4 nitrogen and oxygen atoms in total. The van der Waals surface area contributed by atoms with Crippen molar-refractivity contribution in [3.8, 4) is 0 Å². The standard InChI is InChI=1S/C12H26N2O2/c1-4-12-9-16-10(2)7-14(12)6-5-11(8-15)13-3/h10-13,15H,4-9H2,1-3H3. The number of nitrogens with one attached hydrogen (secondary N) is 1. The van der Waals surface area contributed by atoms with E-state index in [1.807, 2.05) is 7.05 Å². The number of hydrogen-bond donors (Lipinski definition) is 2. The van der Waals surface area contributed by atoms with Gasteiger partial charge in [0.25, 0.3) is 0 Å². The molecule has 1 aliphatic heterocycles. The quantitative estimate of drug-likeness (QED) is 0.696. The molecule has 0 bridgehead atoms. The molecule has 0 amide bonds. The molecule has 1 fully saturated rings. The molecule has 2 N–H and O–H groups in total. The first-order valence-corrected chi connectivity index (χ1v) is 6.35. The van der Waals surface area contributed by atoms with Crippen LogP contribution in [0.25, 0.3) is 0 Å². The van der Waals surface area contributed by atoms with Crippen molar-refractivity contribution in [2.75, 3.05) is 33.4 Å². The maximum absolute atomic E-state index is 9.12. The van der Waals surface area contributed by atoms with Gasteiger partial charge in [0.1, 0.15) is 0 Å². The Morgan fingerprint density at radius 1 is 1.56 bits per heavy atom. The fourth-order valence-corrected chi connectivity index (χ4v) is 2.21. The Labute approximate surface area is 99.0 Å². The van der Waals surface area contributed by atoms with E-state index in [4.69, 9.17) is 9.84 Å². The summed E-state index contributed by atoms with van der Waals surface area (Å²) in [5.74, 6) is 0. The third-order valence-electron chi connectivity index (χ3n) is 3.45. The first kappa shape index (κ1) is 13.9. The van der Waals surface area contributed by atoms with Gasteiger partial charge in [0.15, 0.2) is 0 Å². The summed E-state index contributed by atoms with van der Waals surface area (Å²) in [5, 5.41) is 12.3. The van der Waals surface area contributed by atoms with Crippen LogP contribution in [0.4, 0.5) is 0 Å². The van der Waals surface area contributed by atoms with Crippen molar-refractivity contribution in [1.29, 1.82) is 0 Å². The highest BCUT2D eigenvalue weighted by Crippen LogP contribution is 2.15. The molecule has 0 radical (unpaired) electrons. The third kappa shape index (κ3) is 4.01. The van der Waals surface area contributed by atoms with E-state index in [-0.39, 0.29) is 12.6 Å². The van der Waals surface area contributed by atoms with E-state index < -0.39 is 0 Å². The van der Waals surface area contributed by atoms with Gasteiger partial charge in [0.05, 0.1) is 19.3 Å². The summed E-state index contributed by atoms with van der Waals surface area (Å²) in [6.07, 6.45) is 2.47. The van der Waals surface area contributed by atoms with Gasteiger partial charge in [-0.1, -0.05) is 6.92 Å². The number of ether oxygens (including phenoxy) is 1. The molecule has 0 aliphatic carbocycles. The Morgan fingerprint density at radius 2 is 2.31 bits per heavy atom. The van der Waals surface area contributed by atoms with Crippen LogP contribution in [0.15, 0.2) is 0 Å². The monoisotopic (exact) mass is 230 g/mol. The minimum atomic E-state index is 0.215. The highest BCUT2D eigenvalue weighted by Gasteiger charge is 2.25. The number of rotatable bonds is 6. The van der Waals surface area contributed by atoms with E-state index in [1.54, 1.807) is 0 Å². The summed E-state index contributed by atoms with van der Waals surface area (Å²) < 4.78 is 5.66. The zero-order valence-electron chi connectivity index (χ0n) is 10.8. The Bertz CT molecular complexity index is 186. The van der Waals surface area contributed by atoms with Crippen LogP contribution in [0, 0.1) is 0 Å². The van der Waals surface area contributed by atoms with Gasteiger partial charge in [-0.25, -0.2) is 0 Å². The lowest BCUT2D eigenvalue weighted by Gasteiger charge is -2.38. The van der Waals surface area contributed by atoms with Gasteiger partial charge in [-0.3, -0.25) is 4.90 Å². The maximum Gasteiger partial charge on any atom is 0.0674 e. The largest absolute Gasteiger partial charge is 0.395 e. The van der Waals surface area contributed by atoms with E-state index in [0.717, 1.165) is 32.5 Å². The lowest BCUT2D eigenvalue weighted by atomic mass is 10.1. The van der Waals surface area contributed by atoms with Gasteiger partial charge >= 0.3 is 0 Å². The second-order valence-electron chi connectivity index (χ2n) is 4.66. The number of hydrogen-bond acceptors (Lipinski definition) is 4. The van der Waals surface area contributed by atoms with E-state index in [1.165, 1.54) is 0 Å². The fraction of sp³-hybridized carbons (Fsp3) is 1.00. The topological polar surface area (TPSA) is 44.7 Å². The molecule has 0 saturated carbocycles.